The molecule has 0 aliphatic heterocycles. The monoisotopic (exact) mass is 495 g/mol. The van der Waals surface area contributed by atoms with Gasteiger partial charge in [0.1, 0.15) is 18.1 Å². The molecule has 0 aliphatic carbocycles. The molecule has 0 fully saturated rings. The van der Waals surface area contributed by atoms with Crippen LogP contribution < -0.4 is 40.1 Å². The van der Waals surface area contributed by atoms with Crippen molar-refractivity contribution >= 4 is 35.8 Å². The Labute approximate surface area is 196 Å². The summed E-state index contributed by atoms with van der Waals surface area (Å²) in [7, 11) is 0. The Hall–Kier alpha value is -3.70. The van der Waals surface area contributed by atoms with E-state index in [0.29, 0.717) is 38.8 Å². The normalized spacial score (nSPS) is 12.2. The predicted octanol–water partition coefficient (Wildman–Crippen LogP) is -3.83. The van der Waals surface area contributed by atoms with Gasteiger partial charge < -0.3 is 60.6 Å². The maximum absolute atomic E-state index is 10.2. The molecule has 3 atom stereocenters. The summed E-state index contributed by atoms with van der Waals surface area (Å²) in [5.74, 6) is -4.17. The summed E-state index contributed by atoms with van der Waals surface area (Å²) in [4.78, 5) is 47.7. The van der Waals surface area contributed by atoms with Gasteiger partial charge in [-0.2, -0.15) is 0 Å². The van der Waals surface area contributed by atoms with Gasteiger partial charge in [-0.05, 0) is 32.1 Å². The molecule has 198 valence electrons. The van der Waals surface area contributed by atoms with Crippen LogP contribution in [0.15, 0.2) is 9.98 Å². The van der Waals surface area contributed by atoms with Crippen molar-refractivity contribution in [3.05, 3.63) is 0 Å². The van der Waals surface area contributed by atoms with Crippen molar-refractivity contribution in [3.63, 3.8) is 0 Å². The van der Waals surface area contributed by atoms with Crippen LogP contribution in [0, 0.1) is 0 Å². The molecule has 0 aromatic rings. The predicted molar refractivity (Wildman–Crippen MR) is 124 cm³/mol. The molecule has 0 heterocycles. The van der Waals surface area contributed by atoms with Gasteiger partial charge in [-0.15, -0.1) is 0 Å². The van der Waals surface area contributed by atoms with Crippen LogP contribution in [0.5, 0.6) is 0 Å². The van der Waals surface area contributed by atoms with E-state index < -0.39 is 42.0 Å². The maximum atomic E-state index is 10.2. The van der Waals surface area contributed by atoms with Gasteiger partial charge in [-0.1, -0.05) is 0 Å². The van der Waals surface area contributed by atoms with Crippen LogP contribution in [-0.4, -0.2) is 87.4 Å². The highest BCUT2D eigenvalue weighted by molar-refractivity contribution is 5.76. The second-order valence-electron chi connectivity index (χ2n) is 6.66. The molecule has 0 aliphatic rings. The Morgan fingerprint density at radius 1 is 0.588 bits per heavy atom. The third-order valence-corrected chi connectivity index (χ3v) is 3.56. The topological polar surface area (TPSA) is 356 Å². The van der Waals surface area contributed by atoms with E-state index in [-0.39, 0.29) is 24.8 Å². The summed E-state index contributed by atoms with van der Waals surface area (Å²) >= 11 is 0. The molecular formula is C17H37N9O8. The van der Waals surface area contributed by atoms with Gasteiger partial charge in [0.2, 0.25) is 0 Å². The van der Waals surface area contributed by atoms with Crippen molar-refractivity contribution in [2.75, 3.05) is 13.1 Å². The van der Waals surface area contributed by atoms with E-state index >= 15 is 0 Å². The number of guanidine groups is 2. The quantitative estimate of drug-likeness (QED) is 0.0624. The van der Waals surface area contributed by atoms with Crippen LogP contribution in [0.3, 0.4) is 0 Å². The second-order valence-corrected chi connectivity index (χ2v) is 6.66. The highest BCUT2D eigenvalue weighted by atomic mass is 16.4. The van der Waals surface area contributed by atoms with E-state index in [1.54, 1.807) is 0 Å². The van der Waals surface area contributed by atoms with Crippen LogP contribution in [0.4, 0.5) is 0 Å². The lowest BCUT2D eigenvalue weighted by Gasteiger charge is -2.03. The Kier molecular flexibility index (Phi) is 21.7. The first-order valence-electron chi connectivity index (χ1n) is 9.89. The van der Waals surface area contributed by atoms with Crippen molar-refractivity contribution in [3.8, 4) is 0 Å². The Balaban J connectivity index is -0.000000426. The molecular weight excluding hydrogens is 458 g/mol. The number of hydrogen-bond donors (Lipinski definition) is 11. The smallest absolute Gasteiger partial charge is 0.320 e. The molecule has 0 rings (SSSR count). The van der Waals surface area contributed by atoms with Gasteiger partial charge in [0.05, 0.1) is 0 Å². The minimum Gasteiger partial charge on any atom is -0.481 e. The molecule has 34 heavy (non-hydrogen) atoms. The third kappa shape index (κ3) is 28.3. The summed E-state index contributed by atoms with van der Waals surface area (Å²) in [6.07, 6.45) is 1.69. The fourth-order valence-corrected chi connectivity index (χ4v) is 1.69. The molecule has 0 aromatic heterocycles. The van der Waals surface area contributed by atoms with E-state index in [2.05, 4.69) is 9.98 Å². The molecule has 0 amide bonds. The molecule has 0 radical (unpaired) electrons. The fourth-order valence-electron chi connectivity index (χ4n) is 1.69. The number of hydrogen-bond acceptors (Lipinski definition) is 9. The molecule has 0 spiro atoms. The largest absolute Gasteiger partial charge is 0.481 e. The van der Waals surface area contributed by atoms with Crippen LogP contribution in [0.25, 0.3) is 0 Å². The van der Waals surface area contributed by atoms with Crippen molar-refractivity contribution in [1.29, 1.82) is 0 Å². The summed E-state index contributed by atoms with van der Waals surface area (Å²) in [6, 6.07) is -2.70. The number of carboxylic acid groups (broad SMARTS) is 4. The van der Waals surface area contributed by atoms with Gasteiger partial charge in [0, 0.05) is 19.5 Å². The summed E-state index contributed by atoms with van der Waals surface area (Å²) in [5.41, 5.74) is 35.6. The summed E-state index contributed by atoms with van der Waals surface area (Å²) in [6.45, 7) is 0.840. The summed E-state index contributed by atoms with van der Waals surface area (Å²) in [5, 5.41) is 33.0. The minimum absolute atomic E-state index is 0.0129. The number of nitrogens with two attached hydrogens (primary N) is 7. The van der Waals surface area contributed by atoms with Gasteiger partial charge in [-0.3, -0.25) is 29.2 Å². The molecule has 18 N–H and O–H groups in total. The average Bonchev–Trinajstić information content (AvgIpc) is 2.72. The van der Waals surface area contributed by atoms with E-state index in [4.69, 9.17) is 60.6 Å². The highest BCUT2D eigenvalue weighted by Gasteiger charge is 2.12. The molecule has 17 nitrogen and oxygen atoms in total. The Morgan fingerprint density at radius 3 is 1.12 bits per heavy atom. The van der Waals surface area contributed by atoms with Gasteiger partial charge >= 0.3 is 23.9 Å². The molecule has 0 bridgehead atoms. The van der Waals surface area contributed by atoms with Crippen molar-refractivity contribution in [2.45, 2.75) is 56.7 Å². The lowest BCUT2D eigenvalue weighted by atomic mass is 10.2. The van der Waals surface area contributed by atoms with Crippen LogP contribution in [0.2, 0.25) is 0 Å². The number of rotatable bonds is 14. The lowest BCUT2D eigenvalue weighted by Crippen LogP contribution is -2.30. The number of aliphatic carboxylic acids is 4. The molecule has 0 saturated carbocycles. The highest BCUT2D eigenvalue weighted by Crippen LogP contribution is 1.95. The van der Waals surface area contributed by atoms with E-state index in [1.807, 2.05) is 0 Å². The van der Waals surface area contributed by atoms with E-state index in [1.165, 1.54) is 0 Å². The number of nitrogens with zero attached hydrogens (tertiary/aromatic N) is 2. The van der Waals surface area contributed by atoms with Gasteiger partial charge in [0.15, 0.2) is 11.9 Å². The second kappa shape index (κ2) is 21.2. The Morgan fingerprint density at radius 2 is 0.882 bits per heavy atom. The first-order chi connectivity index (χ1) is 15.6. The van der Waals surface area contributed by atoms with Crippen LogP contribution in [0.1, 0.15) is 38.5 Å². The molecule has 17 heteroatoms. The lowest BCUT2D eigenvalue weighted by molar-refractivity contribution is -0.141. The molecule has 0 unspecified atom stereocenters. The first kappa shape index (κ1) is 34.9. The third-order valence-electron chi connectivity index (χ3n) is 3.56. The van der Waals surface area contributed by atoms with E-state index in [0.717, 1.165) is 0 Å². The van der Waals surface area contributed by atoms with Gasteiger partial charge in [-0.25, -0.2) is 0 Å². The van der Waals surface area contributed by atoms with Crippen LogP contribution in [-0.2, 0) is 19.2 Å². The average molecular weight is 496 g/mol. The van der Waals surface area contributed by atoms with Crippen molar-refractivity contribution < 1.29 is 39.6 Å². The number of carbonyl (C=O) groups is 4. The minimum atomic E-state index is -1.17. The first-order valence-corrected chi connectivity index (χ1v) is 9.89. The zero-order chi connectivity index (χ0) is 27.3. The number of carboxylic acids is 4. The standard InChI is InChI=1S/2C6H14N4O2.C5H9NO4/c2*7-4(5(11)12)2-1-3-10-6(8)9;6-3(5(9)10)1-2-4(7)8/h2*4H,1-3,7H2,(H,11,12)(H4,8,9,10);3H,1-2,6H2,(H,7,8)(H,9,10)/t2*4-;3-/m001/s1. The number of aliphatic imine (C=N–C) groups is 2. The van der Waals surface area contributed by atoms with Crippen molar-refractivity contribution in [1.82, 2.24) is 0 Å². The zero-order valence-electron chi connectivity index (χ0n) is 18.7. The molecule has 0 aromatic carbocycles. The van der Waals surface area contributed by atoms with Crippen molar-refractivity contribution in [2.24, 2.45) is 50.1 Å². The van der Waals surface area contributed by atoms with E-state index in [9.17, 15) is 19.2 Å². The van der Waals surface area contributed by atoms with Gasteiger partial charge in [0.25, 0.3) is 0 Å². The fraction of sp³-hybridized carbons (Fsp3) is 0.647. The van der Waals surface area contributed by atoms with Crippen LogP contribution >= 0.6 is 0 Å². The Bertz CT molecular complexity index is 640. The zero-order valence-corrected chi connectivity index (χ0v) is 18.7. The molecule has 0 saturated heterocycles. The summed E-state index contributed by atoms with van der Waals surface area (Å²) < 4.78 is 0. The SMILES string of the molecule is NC(N)=NCCC[C@H](N)C(=O)O.NC(N)=NCCC[C@H](N)C(=O)O.N[C@H](CCC(=O)O)C(=O)O. The maximum Gasteiger partial charge on any atom is 0.320 e.